The zero-order valence-electron chi connectivity index (χ0n) is 11.9. The lowest BCUT2D eigenvalue weighted by molar-refractivity contribution is 0.473. The molecule has 0 aliphatic carbocycles. The molecule has 1 aromatic heterocycles. The molecule has 4 heteroatoms. The molecule has 1 heterocycles. The van der Waals surface area contributed by atoms with Gasteiger partial charge in [0.25, 0.3) is 0 Å². The largest absolute Gasteiger partial charge is 0.399 e. The summed E-state index contributed by atoms with van der Waals surface area (Å²) in [5.74, 6) is 0. The van der Waals surface area contributed by atoms with E-state index in [1.54, 1.807) is 0 Å². The molecule has 1 unspecified atom stereocenters. The summed E-state index contributed by atoms with van der Waals surface area (Å²) >= 11 is 0. The predicted octanol–water partition coefficient (Wildman–Crippen LogP) is 3.07. The van der Waals surface area contributed by atoms with Crippen LogP contribution in [0.1, 0.15) is 32.0 Å². The summed E-state index contributed by atoms with van der Waals surface area (Å²) in [6, 6.07) is 10.4. The molecule has 2 N–H and O–H groups in total. The van der Waals surface area contributed by atoms with Crippen LogP contribution in [0.5, 0.6) is 0 Å². The summed E-state index contributed by atoms with van der Waals surface area (Å²) in [6.07, 6.45) is 3.15. The van der Waals surface area contributed by atoms with Gasteiger partial charge in [-0.1, -0.05) is 6.92 Å². The number of nitrogens with two attached hydrogens (primary N) is 1. The van der Waals surface area contributed by atoms with Crippen molar-refractivity contribution in [2.45, 2.75) is 32.9 Å². The number of nitrogen functional groups attached to an aromatic ring is 1. The number of benzene rings is 1. The maximum Gasteiger partial charge on any atom is 0.0817 e. The van der Waals surface area contributed by atoms with Gasteiger partial charge in [-0.2, -0.15) is 5.10 Å². The molecule has 1 atom stereocenters. The summed E-state index contributed by atoms with van der Waals surface area (Å²) in [5, 5.41) is 4.61. The first kappa shape index (κ1) is 13.5. The van der Waals surface area contributed by atoms with E-state index in [0.29, 0.717) is 6.04 Å². The van der Waals surface area contributed by atoms with Gasteiger partial charge in [-0.05, 0) is 43.7 Å². The van der Waals surface area contributed by atoms with Crippen molar-refractivity contribution < 1.29 is 0 Å². The highest BCUT2D eigenvalue weighted by atomic mass is 15.3. The average molecular weight is 258 g/mol. The molecule has 102 valence electrons. The fraction of sp³-hybridized carbons (Fsp3) is 0.400. The van der Waals surface area contributed by atoms with Crippen molar-refractivity contribution in [1.29, 1.82) is 0 Å². The Bertz CT molecular complexity index is 515. The number of aromatic nitrogens is 2. The Labute approximate surface area is 114 Å². The molecule has 2 aromatic rings. The lowest BCUT2D eigenvalue weighted by Crippen LogP contribution is -2.17. The van der Waals surface area contributed by atoms with Gasteiger partial charge >= 0.3 is 0 Å². The van der Waals surface area contributed by atoms with Crippen LogP contribution in [-0.4, -0.2) is 16.8 Å². The van der Waals surface area contributed by atoms with Crippen molar-refractivity contribution in [3.8, 4) is 0 Å². The molecule has 19 heavy (non-hydrogen) atoms. The number of hydrogen-bond acceptors (Lipinski definition) is 3. The van der Waals surface area contributed by atoms with E-state index in [2.05, 4.69) is 43.2 Å². The van der Waals surface area contributed by atoms with E-state index in [4.69, 9.17) is 5.73 Å². The SMILES string of the molecule is CCC(C)n1ccc(CN(C)c2ccc(N)cc2)n1. The van der Waals surface area contributed by atoms with Crippen LogP contribution < -0.4 is 10.6 Å². The molecule has 0 saturated heterocycles. The minimum absolute atomic E-state index is 0.454. The van der Waals surface area contributed by atoms with E-state index in [9.17, 15) is 0 Å². The van der Waals surface area contributed by atoms with Crippen LogP contribution in [0.4, 0.5) is 11.4 Å². The van der Waals surface area contributed by atoms with Crippen molar-refractivity contribution >= 4 is 11.4 Å². The Morgan fingerprint density at radius 2 is 1.95 bits per heavy atom. The first-order valence-electron chi connectivity index (χ1n) is 6.71. The van der Waals surface area contributed by atoms with Crippen molar-refractivity contribution in [2.24, 2.45) is 0 Å². The molecule has 0 saturated carbocycles. The molecule has 0 radical (unpaired) electrons. The van der Waals surface area contributed by atoms with E-state index < -0.39 is 0 Å². The molecule has 0 bridgehead atoms. The summed E-state index contributed by atoms with van der Waals surface area (Å²) < 4.78 is 2.03. The van der Waals surface area contributed by atoms with E-state index in [0.717, 1.165) is 30.0 Å². The zero-order valence-corrected chi connectivity index (χ0v) is 11.9. The van der Waals surface area contributed by atoms with Gasteiger partial charge in [0.2, 0.25) is 0 Å². The minimum atomic E-state index is 0.454. The first-order valence-corrected chi connectivity index (χ1v) is 6.71. The summed E-state index contributed by atoms with van der Waals surface area (Å²) in [5.41, 5.74) is 8.72. The van der Waals surface area contributed by atoms with Gasteiger partial charge in [0, 0.05) is 30.7 Å². The molecular formula is C15H22N4. The van der Waals surface area contributed by atoms with Gasteiger partial charge in [-0.3, -0.25) is 4.68 Å². The normalized spacial score (nSPS) is 12.4. The van der Waals surface area contributed by atoms with Crippen LogP contribution in [0.15, 0.2) is 36.5 Å². The van der Waals surface area contributed by atoms with Crippen molar-refractivity contribution in [1.82, 2.24) is 9.78 Å². The second-order valence-corrected chi connectivity index (χ2v) is 4.99. The topological polar surface area (TPSA) is 47.1 Å². The molecular weight excluding hydrogens is 236 g/mol. The van der Waals surface area contributed by atoms with Crippen LogP contribution >= 0.6 is 0 Å². The van der Waals surface area contributed by atoms with Gasteiger partial charge < -0.3 is 10.6 Å². The average Bonchev–Trinajstić information content (AvgIpc) is 2.87. The second-order valence-electron chi connectivity index (χ2n) is 4.99. The molecule has 0 aliphatic rings. The van der Waals surface area contributed by atoms with Gasteiger partial charge in [-0.25, -0.2) is 0 Å². The zero-order chi connectivity index (χ0) is 13.8. The molecule has 0 spiro atoms. The number of hydrogen-bond donors (Lipinski definition) is 1. The fourth-order valence-electron chi connectivity index (χ4n) is 1.96. The maximum atomic E-state index is 5.70. The van der Waals surface area contributed by atoms with Crippen LogP contribution in [0.3, 0.4) is 0 Å². The highest BCUT2D eigenvalue weighted by molar-refractivity contribution is 5.52. The summed E-state index contributed by atoms with van der Waals surface area (Å²) in [4.78, 5) is 2.17. The molecule has 1 aromatic carbocycles. The lowest BCUT2D eigenvalue weighted by atomic mass is 10.2. The Morgan fingerprint density at radius 1 is 1.26 bits per heavy atom. The first-order chi connectivity index (χ1) is 9.10. The molecule has 2 rings (SSSR count). The number of nitrogens with zero attached hydrogens (tertiary/aromatic N) is 3. The smallest absolute Gasteiger partial charge is 0.0817 e. The minimum Gasteiger partial charge on any atom is -0.399 e. The number of rotatable bonds is 5. The summed E-state index contributed by atoms with van der Waals surface area (Å²) in [6.45, 7) is 5.15. The Kier molecular flexibility index (Phi) is 4.10. The number of anilines is 2. The lowest BCUT2D eigenvalue weighted by Gasteiger charge is -2.18. The Morgan fingerprint density at radius 3 is 2.58 bits per heavy atom. The van der Waals surface area contributed by atoms with Crippen LogP contribution in [0.25, 0.3) is 0 Å². The molecule has 4 nitrogen and oxygen atoms in total. The van der Waals surface area contributed by atoms with E-state index in [1.807, 2.05) is 28.9 Å². The van der Waals surface area contributed by atoms with Crippen LogP contribution in [0, 0.1) is 0 Å². The molecule has 0 aliphatic heterocycles. The van der Waals surface area contributed by atoms with Gasteiger partial charge in [0.15, 0.2) is 0 Å². The Hall–Kier alpha value is -1.97. The van der Waals surface area contributed by atoms with Gasteiger partial charge in [-0.15, -0.1) is 0 Å². The highest BCUT2D eigenvalue weighted by Crippen LogP contribution is 2.17. The predicted molar refractivity (Wildman–Crippen MR) is 80.2 cm³/mol. The van der Waals surface area contributed by atoms with Crippen molar-refractivity contribution in [3.05, 3.63) is 42.2 Å². The monoisotopic (exact) mass is 258 g/mol. The van der Waals surface area contributed by atoms with Crippen LogP contribution in [-0.2, 0) is 6.54 Å². The van der Waals surface area contributed by atoms with Crippen molar-refractivity contribution in [2.75, 3.05) is 17.7 Å². The van der Waals surface area contributed by atoms with E-state index >= 15 is 0 Å². The third-order valence-electron chi connectivity index (χ3n) is 3.44. The Balaban J connectivity index is 2.04. The van der Waals surface area contributed by atoms with Crippen LogP contribution in [0.2, 0.25) is 0 Å². The standard InChI is InChI=1S/C15H22N4/c1-4-12(2)19-10-9-14(17-19)11-18(3)15-7-5-13(16)6-8-15/h5-10,12H,4,11,16H2,1-3H3. The van der Waals surface area contributed by atoms with E-state index in [1.165, 1.54) is 0 Å². The maximum absolute atomic E-state index is 5.70. The second kappa shape index (κ2) is 5.78. The molecule has 0 amide bonds. The quantitative estimate of drug-likeness (QED) is 0.838. The van der Waals surface area contributed by atoms with Crippen molar-refractivity contribution in [3.63, 3.8) is 0 Å². The van der Waals surface area contributed by atoms with Gasteiger partial charge in [0.1, 0.15) is 0 Å². The third-order valence-corrected chi connectivity index (χ3v) is 3.44. The van der Waals surface area contributed by atoms with Gasteiger partial charge in [0.05, 0.1) is 12.2 Å². The molecule has 0 fully saturated rings. The fourth-order valence-corrected chi connectivity index (χ4v) is 1.96. The third kappa shape index (κ3) is 3.28. The van der Waals surface area contributed by atoms with E-state index in [-0.39, 0.29) is 0 Å². The summed E-state index contributed by atoms with van der Waals surface area (Å²) in [7, 11) is 2.06. The highest BCUT2D eigenvalue weighted by Gasteiger charge is 2.07.